The van der Waals surface area contributed by atoms with Crippen LogP contribution in [0.2, 0.25) is 0 Å². The molecule has 0 fully saturated rings. The quantitative estimate of drug-likeness (QED) is 0.857. The Morgan fingerprint density at radius 1 is 1.44 bits per heavy atom. The molecular weight excluding hydrogens is 272 g/mol. The van der Waals surface area contributed by atoms with Crippen molar-refractivity contribution < 1.29 is 0 Å². The molecule has 16 heavy (non-hydrogen) atoms. The minimum Gasteiger partial charge on any atom is -0.257 e. The van der Waals surface area contributed by atoms with E-state index >= 15 is 0 Å². The minimum absolute atomic E-state index is 0.541. The summed E-state index contributed by atoms with van der Waals surface area (Å²) in [5, 5.41) is 16.2. The van der Waals surface area contributed by atoms with Crippen molar-refractivity contribution in [1.29, 1.82) is 0 Å². The van der Waals surface area contributed by atoms with Crippen molar-refractivity contribution in [1.82, 2.24) is 30.0 Å². The maximum absolute atomic E-state index is 4.29. The second-order valence-corrected chi connectivity index (χ2v) is 4.78. The van der Waals surface area contributed by atoms with Gasteiger partial charge in [0.25, 0.3) is 0 Å². The molecule has 2 aromatic heterocycles. The van der Waals surface area contributed by atoms with E-state index in [1.807, 2.05) is 4.68 Å². The molecule has 0 unspecified atom stereocenters. The third-order valence-corrected chi connectivity index (χ3v) is 2.90. The Bertz CT molecular complexity index is 486. The van der Waals surface area contributed by atoms with Gasteiger partial charge in [-0.1, -0.05) is 13.8 Å². The number of hydrogen-bond donors (Lipinski definition) is 0. The van der Waals surface area contributed by atoms with Crippen LogP contribution < -0.4 is 0 Å². The first-order valence-corrected chi connectivity index (χ1v) is 5.83. The Kier molecular flexibility index (Phi) is 3.04. The molecular formula is C9H13BrN6. The van der Waals surface area contributed by atoms with Crippen LogP contribution in [0.15, 0.2) is 10.8 Å². The predicted octanol–water partition coefficient (Wildman–Crippen LogP) is 1.49. The zero-order valence-corrected chi connectivity index (χ0v) is 11.0. The Labute approximate surface area is 102 Å². The Hall–Kier alpha value is -1.24. The van der Waals surface area contributed by atoms with Gasteiger partial charge in [0, 0.05) is 6.54 Å². The fraction of sp³-hybridized carbons (Fsp3) is 0.556. The van der Waals surface area contributed by atoms with Gasteiger partial charge in [0.15, 0.2) is 0 Å². The predicted molar refractivity (Wildman–Crippen MR) is 62.6 cm³/mol. The Balaban J connectivity index is 2.33. The molecule has 0 saturated carbocycles. The third kappa shape index (κ3) is 2.13. The molecule has 0 atom stereocenters. The normalized spacial score (nSPS) is 11.3. The van der Waals surface area contributed by atoms with Crippen LogP contribution in [0, 0.1) is 5.92 Å². The lowest BCUT2D eigenvalue weighted by molar-refractivity contribution is 0.476. The van der Waals surface area contributed by atoms with Gasteiger partial charge in [-0.05, 0) is 27.1 Å². The van der Waals surface area contributed by atoms with Crippen LogP contribution in [0.3, 0.4) is 0 Å². The first-order valence-electron chi connectivity index (χ1n) is 5.03. The smallest absolute Gasteiger partial charge is 0.209 e. The second-order valence-electron chi connectivity index (χ2n) is 4.03. The van der Waals surface area contributed by atoms with Gasteiger partial charge < -0.3 is 0 Å². The second kappa shape index (κ2) is 4.32. The maximum Gasteiger partial charge on any atom is 0.209 e. The van der Waals surface area contributed by atoms with Crippen molar-refractivity contribution in [3.63, 3.8) is 0 Å². The number of aromatic nitrogens is 6. The standard InChI is InChI=1S/C9H13BrN6/c1-6(2)5-16-8(10)7(4-11-16)9-12-14-15(3)13-9/h4,6H,5H2,1-3H3. The number of aryl methyl sites for hydroxylation is 1. The molecule has 0 amide bonds. The molecule has 0 aliphatic carbocycles. The summed E-state index contributed by atoms with van der Waals surface area (Å²) in [6.45, 7) is 5.16. The zero-order chi connectivity index (χ0) is 11.7. The van der Waals surface area contributed by atoms with Gasteiger partial charge in [-0.3, -0.25) is 4.68 Å². The highest BCUT2D eigenvalue weighted by atomic mass is 79.9. The van der Waals surface area contributed by atoms with Crippen molar-refractivity contribution in [2.24, 2.45) is 13.0 Å². The summed E-state index contributed by atoms with van der Waals surface area (Å²) in [6, 6.07) is 0. The van der Waals surface area contributed by atoms with Crippen LogP contribution in [-0.4, -0.2) is 30.0 Å². The lowest BCUT2D eigenvalue weighted by atomic mass is 10.2. The molecule has 2 aromatic rings. The summed E-state index contributed by atoms with van der Waals surface area (Å²) in [5.74, 6) is 1.13. The van der Waals surface area contributed by atoms with E-state index in [1.54, 1.807) is 13.2 Å². The van der Waals surface area contributed by atoms with Crippen molar-refractivity contribution in [3.05, 3.63) is 10.8 Å². The molecule has 0 N–H and O–H groups in total. The highest BCUT2D eigenvalue weighted by Gasteiger charge is 2.14. The first-order chi connectivity index (χ1) is 7.58. The zero-order valence-electron chi connectivity index (χ0n) is 9.42. The lowest BCUT2D eigenvalue weighted by Crippen LogP contribution is -2.06. The fourth-order valence-corrected chi connectivity index (χ4v) is 1.90. The van der Waals surface area contributed by atoms with Crippen LogP contribution in [0.1, 0.15) is 13.8 Å². The molecule has 6 nitrogen and oxygen atoms in total. The van der Waals surface area contributed by atoms with Gasteiger partial charge in [0.1, 0.15) is 4.60 Å². The van der Waals surface area contributed by atoms with Gasteiger partial charge in [-0.15, -0.1) is 10.2 Å². The van der Waals surface area contributed by atoms with Crippen molar-refractivity contribution in [2.45, 2.75) is 20.4 Å². The summed E-state index contributed by atoms with van der Waals surface area (Å²) < 4.78 is 2.80. The molecule has 0 aromatic carbocycles. The van der Waals surface area contributed by atoms with E-state index in [1.165, 1.54) is 4.80 Å². The fourth-order valence-electron chi connectivity index (χ4n) is 1.39. The minimum atomic E-state index is 0.541. The Morgan fingerprint density at radius 2 is 2.19 bits per heavy atom. The lowest BCUT2D eigenvalue weighted by Gasteiger charge is -2.05. The van der Waals surface area contributed by atoms with Gasteiger partial charge in [-0.2, -0.15) is 9.90 Å². The average Bonchev–Trinajstić information content (AvgIpc) is 2.74. The summed E-state index contributed by atoms with van der Waals surface area (Å²) in [6.07, 6.45) is 1.75. The van der Waals surface area contributed by atoms with Gasteiger partial charge >= 0.3 is 0 Å². The van der Waals surface area contributed by atoms with Crippen LogP contribution in [0.25, 0.3) is 11.4 Å². The molecule has 0 aliphatic rings. The summed E-state index contributed by atoms with van der Waals surface area (Å²) in [4.78, 5) is 1.43. The van der Waals surface area contributed by atoms with E-state index in [2.05, 4.69) is 50.3 Å². The summed E-state index contributed by atoms with van der Waals surface area (Å²) in [5.41, 5.74) is 0.869. The van der Waals surface area contributed by atoms with Gasteiger partial charge in [-0.25, -0.2) is 0 Å². The third-order valence-electron chi connectivity index (χ3n) is 2.06. The van der Waals surface area contributed by atoms with Crippen LogP contribution >= 0.6 is 15.9 Å². The molecule has 0 spiro atoms. The van der Waals surface area contributed by atoms with E-state index in [0.29, 0.717) is 11.7 Å². The number of tetrazole rings is 1. The van der Waals surface area contributed by atoms with E-state index in [-0.39, 0.29) is 0 Å². The van der Waals surface area contributed by atoms with Crippen molar-refractivity contribution in [2.75, 3.05) is 0 Å². The monoisotopic (exact) mass is 284 g/mol. The summed E-state index contributed by atoms with van der Waals surface area (Å²) >= 11 is 3.51. The largest absolute Gasteiger partial charge is 0.257 e. The SMILES string of the molecule is CC(C)Cn1ncc(-c2nnn(C)n2)c1Br. The topological polar surface area (TPSA) is 61.4 Å². The van der Waals surface area contributed by atoms with E-state index < -0.39 is 0 Å². The van der Waals surface area contributed by atoms with Crippen LogP contribution in [-0.2, 0) is 13.6 Å². The highest BCUT2D eigenvalue weighted by molar-refractivity contribution is 9.10. The number of nitrogens with zero attached hydrogens (tertiary/aromatic N) is 6. The highest BCUT2D eigenvalue weighted by Crippen LogP contribution is 2.25. The number of halogens is 1. The van der Waals surface area contributed by atoms with Gasteiger partial charge in [0.2, 0.25) is 5.82 Å². The van der Waals surface area contributed by atoms with Gasteiger partial charge in [0.05, 0.1) is 18.8 Å². The van der Waals surface area contributed by atoms with E-state index in [9.17, 15) is 0 Å². The van der Waals surface area contributed by atoms with E-state index in [4.69, 9.17) is 0 Å². The maximum atomic E-state index is 4.29. The molecule has 86 valence electrons. The Morgan fingerprint density at radius 3 is 2.75 bits per heavy atom. The molecule has 0 aliphatic heterocycles. The number of hydrogen-bond acceptors (Lipinski definition) is 4. The number of rotatable bonds is 3. The van der Waals surface area contributed by atoms with E-state index in [0.717, 1.165) is 16.7 Å². The van der Waals surface area contributed by atoms with Crippen LogP contribution in [0.5, 0.6) is 0 Å². The molecule has 0 bridgehead atoms. The summed E-state index contributed by atoms with van der Waals surface area (Å²) in [7, 11) is 1.74. The van der Waals surface area contributed by atoms with Crippen molar-refractivity contribution >= 4 is 15.9 Å². The first kappa shape index (κ1) is 11.3. The molecule has 0 saturated heterocycles. The average molecular weight is 285 g/mol. The van der Waals surface area contributed by atoms with Crippen LogP contribution in [0.4, 0.5) is 0 Å². The molecule has 0 radical (unpaired) electrons. The molecule has 7 heteroatoms. The van der Waals surface area contributed by atoms with Crippen molar-refractivity contribution in [3.8, 4) is 11.4 Å². The molecule has 2 heterocycles. The molecule has 2 rings (SSSR count).